The third-order valence-corrected chi connectivity index (χ3v) is 6.36. The SMILES string of the molecule is Cc1cc2ccc(C#CC(C)(C)N(C)C)cc2c(-c2ccc(Cl)cc2)c1C(OC(C)(C)C)C(=O)O. The largest absolute Gasteiger partial charge is 0.479 e. The molecule has 3 aromatic rings. The second-order valence-electron chi connectivity index (χ2n) is 10.6. The number of hydrogen-bond acceptors (Lipinski definition) is 3. The molecule has 0 saturated heterocycles. The van der Waals surface area contributed by atoms with Crippen molar-refractivity contribution in [2.75, 3.05) is 14.1 Å². The number of nitrogens with zero attached hydrogens (tertiary/aromatic N) is 1. The molecule has 1 N–H and O–H groups in total. The van der Waals surface area contributed by atoms with E-state index in [1.165, 1.54) is 0 Å². The number of benzene rings is 3. The van der Waals surface area contributed by atoms with Crippen LogP contribution in [0.15, 0.2) is 48.5 Å². The van der Waals surface area contributed by atoms with E-state index in [1.54, 1.807) is 0 Å². The van der Waals surface area contributed by atoms with Crippen molar-refractivity contribution >= 4 is 28.3 Å². The van der Waals surface area contributed by atoms with Crippen LogP contribution in [0.4, 0.5) is 0 Å². The van der Waals surface area contributed by atoms with Gasteiger partial charge in [-0.15, -0.1) is 0 Å². The molecule has 0 heterocycles. The maximum Gasteiger partial charge on any atom is 0.337 e. The second-order valence-corrected chi connectivity index (χ2v) is 11.0. The van der Waals surface area contributed by atoms with E-state index >= 15 is 0 Å². The molecule has 0 radical (unpaired) electrons. The van der Waals surface area contributed by atoms with Gasteiger partial charge in [0, 0.05) is 16.1 Å². The van der Waals surface area contributed by atoms with Gasteiger partial charge in [0.05, 0.1) is 11.1 Å². The van der Waals surface area contributed by atoms with Crippen LogP contribution in [0.25, 0.3) is 21.9 Å². The van der Waals surface area contributed by atoms with Gasteiger partial charge in [0.15, 0.2) is 6.10 Å². The summed E-state index contributed by atoms with van der Waals surface area (Å²) in [5.74, 6) is 5.63. The average molecular weight is 492 g/mol. The van der Waals surface area contributed by atoms with Gasteiger partial charge in [-0.3, -0.25) is 4.90 Å². The fourth-order valence-electron chi connectivity index (χ4n) is 3.82. The Hall–Kier alpha value is -2.84. The molecule has 3 rings (SSSR count). The molecule has 0 aliphatic carbocycles. The normalized spacial score (nSPS) is 13.0. The Morgan fingerprint density at radius 2 is 1.66 bits per heavy atom. The third-order valence-electron chi connectivity index (χ3n) is 6.11. The first-order valence-electron chi connectivity index (χ1n) is 11.6. The van der Waals surface area contributed by atoms with Crippen molar-refractivity contribution in [3.63, 3.8) is 0 Å². The van der Waals surface area contributed by atoms with E-state index in [0.29, 0.717) is 10.6 Å². The summed E-state index contributed by atoms with van der Waals surface area (Å²) in [7, 11) is 4.01. The summed E-state index contributed by atoms with van der Waals surface area (Å²) in [5.41, 5.74) is 3.12. The van der Waals surface area contributed by atoms with Gasteiger partial charge in [-0.05, 0) is 107 Å². The minimum atomic E-state index is -1.13. The lowest BCUT2D eigenvalue weighted by molar-refractivity contribution is -0.160. The number of fused-ring (bicyclic) bond motifs is 1. The molecule has 4 nitrogen and oxygen atoms in total. The van der Waals surface area contributed by atoms with Crippen LogP contribution in [0.3, 0.4) is 0 Å². The van der Waals surface area contributed by atoms with E-state index in [2.05, 4.69) is 30.6 Å². The molecule has 0 aliphatic rings. The van der Waals surface area contributed by atoms with Gasteiger partial charge in [0.1, 0.15) is 0 Å². The van der Waals surface area contributed by atoms with Crippen molar-refractivity contribution in [3.05, 3.63) is 70.2 Å². The van der Waals surface area contributed by atoms with Crippen molar-refractivity contribution in [2.24, 2.45) is 0 Å². The van der Waals surface area contributed by atoms with Crippen LogP contribution in [-0.2, 0) is 9.53 Å². The molecule has 3 aromatic carbocycles. The van der Waals surface area contributed by atoms with Gasteiger partial charge in [-0.1, -0.05) is 47.7 Å². The van der Waals surface area contributed by atoms with Crippen LogP contribution in [-0.4, -0.2) is 41.2 Å². The Kier molecular flexibility index (Phi) is 7.67. The van der Waals surface area contributed by atoms with Gasteiger partial charge in [0.2, 0.25) is 0 Å². The van der Waals surface area contributed by atoms with Crippen LogP contribution in [0.1, 0.15) is 57.4 Å². The molecule has 0 spiro atoms. The van der Waals surface area contributed by atoms with E-state index in [-0.39, 0.29) is 5.54 Å². The molecule has 0 aliphatic heterocycles. The highest BCUT2D eigenvalue weighted by atomic mass is 35.5. The smallest absolute Gasteiger partial charge is 0.337 e. The molecule has 184 valence electrons. The third kappa shape index (κ3) is 6.24. The monoisotopic (exact) mass is 491 g/mol. The Labute approximate surface area is 213 Å². The van der Waals surface area contributed by atoms with Crippen molar-refractivity contribution in [1.82, 2.24) is 4.90 Å². The van der Waals surface area contributed by atoms with Crippen LogP contribution in [0, 0.1) is 18.8 Å². The average Bonchev–Trinajstić information content (AvgIpc) is 2.75. The Morgan fingerprint density at radius 3 is 2.20 bits per heavy atom. The Balaban J connectivity index is 2.37. The number of hydrogen-bond donors (Lipinski definition) is 1. The zero-order valence-corrected chi connectivity index (χ0v) is 22.5. The summed E-state index contributed by atoms with van der Waals surface area (Å²) < 4.78 is 6.09. The summed E-state index contributed by atoms with van der Waals surface area (Å²) in [6.45, 7) is 11.7. The fourth-order valence-corrected chi connectivity index (χ4v) is 3.94. The van der Waals surface area contributed by atoms with E-state index in [1.807, 2.05) is 90.3 Å². The number of halogens is 1. The van der Waals surface area contributed by atoms with Crippen LogP contribution in [0.2, 0.25) is 5.02 Å². The highest BCUT2D eigenvalue weighted by Crippen LogP contribution is 2.41. The first kappa shape index (κ1) is 26.8. The minimum absolute atomic E-state index is 0.290. The Morgan fingerprint density at radius 1 is 1.03 bits per heavy atom. The molecule has 1 unspecified atom stereocenters. The number of aliphatic carboxylic acids is 1. The van der Waals surface area contributed by atoms with Crippen LogP contribution in [0.5, 0.6) is 0 Å². The van der Waals surface area contributed by atoms with Gasteiger partial charge in [0.25, 0.3) is 0 Å². The number of rotatable bonds is 5. The van der Waals surface area contributed by atoms with Gasteiger partial charge in [-0.2, -0.15) is 0 Å². The van der Waals surface area contributed by atoms with Gasteiger partial charge in [-0.25, -0.2) is 4.79 Å². The van der Waals surface area contributed by atoms with Gasteiger partial charge < -0.3 is 9.84 Å². The lowest BCUT2D eigenvalue weighted by Gasteiger charge is -2.28. The van der Waals surface area contributed by atoms with Crippen molar-refractivity contribution in [1.29, 1.82) is 0 Å². The number of ether oxygens (including phenoxy) is 1. The van der Waals surface area contributed by atoms with Crippen molar-refractivity contribution in [2.45, 2.75) is 58.8 Å². The highest BCUT2D eigenvalue weighted by molar-refractivity contribution is 6.30. The molecule has 35 heavy (non-hydrogen) atoms. The molecule has 5 heteroatoms. The first-order valence-corrected chi connectivity index (χ1v) is 12.0. The summed E-state index contributed by atoms with van der Waals surface area (Å²) in [6, 6.07) is 15.6. The molecule has 0 amide bonds. The number of aryl methyl sites for hydroxylation is 1. The molecule has 0 bridgehead atoms. The standard InChI is InChI=1S/C30H34ClNO3/c1-19-17-22-10-9-20(15-16-30(5,6)32(7)8)18-24(22)26(21-11-13-23(31)14-12-21)25(19)27(28(33)34)35-29(2,3)4/h9-14,17-18,27H,1-8H3,(H,33,34). The predicted octanol–water partition coefficient (Wildman–Crippen LogP) is 7.10. The van der Waals surface area contributed by atoms with Gasteiger partial charge >= 0.3 is 5.97 Å². The molecular weight excluding hydrogens is 458 g/mol. The van der Waals surface area contributed by atoms with E-state index in [9.17, 15) is 9.90 Å². The quantitative estimate of drug-likeness (QED) is 0.386. The maximum atomic E-state index is 12.5. The summed E-state index contributed by atoms with van der Waals surface area (Å²) >= 11 is 6.18. The lowest BCUT2D eigenvalue weighted by atomic mass is 9.86. The topological polar surface area (TPSA) is 49.8 Å². The van der Waals surface area contributed by atoms with E-state index in [0.717, 1.165) is 33.0 Å². The minimum Gasteiger partial charge on any atom is -0.479 e. The number of carbonyl (C=O) groups is 1. The lowest BCUT2D eigenvalue weighted by Crippen LogP contribution is -2.36. The maximum absolute atomic E-state index is 12.5. The Bertz CT molecular complexity index is 1310. The van der Waals surface area contributed by atoms with Crippen LogP contribution >= 0.6 is 11.6 Å². The molecule has 1 atom stereocenters. The predicted molar refractivity (Wildman–Crippen MR) is 145 cm³/mol. The van der Waals surface area contributed by atoms with Crippen LogP contribution < -0.4 is 0 Å². The fraction of sp³-hybridized carbons (Fsp3) is 0.367. The van der Waals surface area contributed by atoms with E-state index < -0.39 is 17.7 Å². The summed E-state index contributed by atoms with van der Waals surface area (Å²) in [5, 5.41) is 12.8. The number of carboxylic acids is 1. The second kappa shape index (κ2) is 10.0. The number of carboxylic acid groups (broad SMARTS) is 1. The zero-order chi connectivity index (χ0) is 26.1. The van der Waals surface area contributed by atoms with Crippen molar-refractivity contribution < 1.29 is 14.6 Å². The first-order chi connectivity index (χ1) is 16.2. The molecule has 0 fully saturated rings. The van der Waals surface area contributed by atoms with Crippen molar-refractivity contribution in [3.8, 4) is 23.0 Å². The summed E-state index contributed by atoms with van der Waals surface area (Å²) in [6.07, 6.45) is -1.13. The molecule has 0 saturated carbocycles. The molecule has 0 aromatic heterocycles. The van der Waals surface area contributed by atoms with E-state index in [4.69, 9.17) is 16.3 Å². The summed E-state index contributed by atoms with van der Waals surface area (Å²) in [4.78, 5) is 14.5. The zero-order valence-electron chi connectivity index (χ0n) is 21.8. The highest BCUT2D eigenvalue weighted by Gasteiger charge is 2.31. The molecular formula is C30H34ClNO3.